The molecule has 1 unspecified atom stereocenters. The van der Waals surface area contributed by atoms with Crippen molar-refractivity contribution in [3.63, 3.8) is 0 Å². The van der Waals surface area contributed by atoms with Gasteiger partial charge < -0.3 is 14.4 Å². The number of aromatic amines is 1. The number of carbonyl (C=O) groups excluding carboxylic acids is 1. The molecule has 1 amide bonds. The van der Waals surface area contributed by atoms with E-state index in [0.29, 0.717) is 18.7 Å². The highest BCUT2D eigenvalue weighted by atomic mass is 16.5. The molecule has 29 heavy (non-hydrogen) atoms. The fourth-order valence-corrected chi connectivity index (χ4v) is 3.53. The molecule has 2 aromatic heterocycles. The Balaban J connectivity index is 1.28. The van der Waals surface area contributed by atoms with Gasteiger partial charge in [-0.05, 0) is 48.9 Å². The zero-order valence-corrected chi connectivity index (χ0v) is 16.4. The number of hydrogen-bond acceptors (Lipinski definition) is 5. The Kier molecular flexibility index (Phi) is 5.74. The molecule has 1 aromatic carbocycles. The van der Waals surface area contributed by atoms with Crippen LogP contribution in [-0.4, -0.2) is 52.8 Å². The van der Waals surface area contributed by atoms with Crippen molar-refractivity contribution in [3.8, 4) is 11.5 Å². The van der Waals surface area contributed by atoms with Gasteiger partial charge in [-0.2, -0.15) is 5.10 Å². The van der Waals surface area contributed by atoms with Crippen molar-refractivity contribution in [1.29, 1.82) is 0 Å². The number of benzene rings is 1. The summed E-state index contributed by atoms with van der Waals surface area (Å²) in [7, 11) is 1.64. The molecular weight excluding hydrogens is 368 g/mol. The zero-order valence-electron chi connectivity index (χ0n) is 16.4. The predicted octanol–water partition coefficient (Wildman–Crippen LogP) is 3.06. The fourth-order valence-electron chi connectivity index (χ4n) is 3.53. The van der Waals surface area contributed by atoms with Crippen molar-refractivity contribution >= 4 is 5.91 Å². The Morgan fingerprint density at radius 1 is 1.24 bits per heavy atom. The summed E-state index contributed by atoms with van der Waals surface area (Å²) in [6.07, 6.45) is 4.95. The van der Waals surface area contributed by atoms with Crippen LogP contribution in [-0.2, 0) is 6.42 Å². The molecular formula is C22H24N4O3. The van der Waals surface area contributed by atoms with Gasteiger partial charge in [0.1, 0.15) is 11.5 Å². The number of nitrogens with zero attached hydrogens (tertiary/aromatic N) is 3. The predicted molar refractivity (Wildman–Crippen MR) is 108 cm³/mol. The van der Waals surface area contributed by atoms with E-state index in [1.807, 2.05) is 29.2 Å². The lowest BCUT2D eigenvalue weighted by atomic mass is 10.0. The first kappa shape index (κ1) is 19.0. The van der Waals surface area contributed by atoms with Gasteiger partial charge in [-0.1, -0.05) is 0 Å². The van der Waals surface area contributed by atoms with E-state index in [-0.39, 0.29) is 11.8 Å². The molecule has 0 bridgehead atoms. The molecule has 7 nitrogen and oxygen atoms in total. The van der Waals surface area contributed by atoms with Crippen molar-refractivity contribution in [2.24, 2.45) is 0 Å². The van der Waals surface area contributed by atoms with Crippen LogP contribution in [0, 0.1) is 0 Å². The largest absolute Gasteiger partial charge is 0.497 e. The normalized spacial score (nSPS) is 16.0. The average Bonchev–Trinajstić information content (AvgIpc) is 3.44. The lowest BCUT2D eigenvalue weighted by molar-refractivity contribution is 0.0790. The molecule has 1 fully saturated rings. The minimum absolute atomic E-state index is 0.0317. The van der Waals surface area contributed by atoms with Gasteiger partial charge in [-0.3, -0.25) is 14.9 Å². The molecule has 0 saturated carbocycles. The van der Waals surface area contributed by atoms with Crippen LogP contribution in [0.4, 0.5) is 0 Å². The van der Waals surface area contributed by atoms with Crippen molar-refractivity contribution < 1.29 is 14.3 Å². The number of rotatable bonds is 7. The molecule has 1 aliphatic heterocycles. The van der Waals surface area contributed by atoms with Gasteiger partial charge in [0, 0.05) is 43.5 Å². The Hall–Kier alpha value is -3.35. The number of hydrogen-bond donors (Lipinski definition) is 1. The second-order valence-electron chi connectivity index (χ2n) is 7.07. The van der Waals surface area contributed by atoms with E-state index in [4.69, 9.17) is 9.47 Å². The molecule has 0 spiro atoms. The smallest absolute Gasteiger partial charge is 0.255 e. The van der Waals surface area contributed by atoms with Gasteiger partial charge in [0.25, 0.3) is 5.91 Å². The van der Waals surface area contributed by atoms with Crippen molar-refractivity contribution in [2.75, 3.05) is 26.8 Å². The van der Waals surface area contributed by atoms with Gasteiger partial charge in [0.2, 0.25) is 0 Å². The number of amides is 1. The first-order chi connectivity index (χ1) is 14.2. The first-order valence-corrected chi connectivity index (χ1v) is 9.73. The summed E-state index contributed by atoms with van der Waals surface area (Å²) in [6.45, 7) is 1.98. The quantitative estimate of drug-likeness (QED) is 0.668. The lowest BCUT2D eigenvalue weighted by Crippen LogP contribution is -2.28. The Labute approximate surface area is 169 Å². The molecule has 1 saturated heterocycles. The molecule has 1 N–H and O–H groups in total. The van der Waals surface area contributed by atoms with E-state index in [9.17, 15) is 4.79 Å². The van der Waals surface area contributed by atoms with E-state index in [0.717, 1.165) is 42.3 Å². The topological polar surface area (TPSA) is 80.3 Å². The van der Waals surface area contributed by atoms with Crippen LogP contribution < -0.4 is 9.47 Å². The maximum Gasteiger partial charge on any atom is 0.255 e. The standard InChI is InChI=1S/C22H24N4O3/c1-28-19-4-6-20(7-5-19)29-12-9-18-13-21(25-24-18)17-8-11-26(15-17)22(27)16-3-2-10-23-14-16/h2-7,10,13-14,17H,8-9,11-12,15H2,1H3,(H,24,25). The molecule has 0 radical (unpaired) electrons. The molecule has 1 atom stereocenters. The van der Waals surface area contributed by atoms with Gasteiger partial charge in [0.05, 0.1) is 25.0 Å². The number of likely N-dealkylation sites (tertiary alicyclic amines) is 1. The Morgan fingerprint density at radius 3 is 2.83 bits per heavy atom. The number of methoxy groups -OCH3 is 1. The molecule has 3 heterocycles. The number of ether oxygens (including phenoxy) is 2. The van der Waals surface area contributed by atoms with Crippen LogP contribution >= 0.6 is 0 Å². The van der Waals surface area contributed by atoms with Crippen LogP contribution in [0.25, 0.3) is 0 Å². The number of H-pyrrole nitrogens is 1. The lowest BCUT2D eigenvalue weighted by Gasteiger charge is -2.15. The SMILES string of the molecule is COc1ccc(OCCc2cc(C3CCN(C(=O)c4cccnc4)C3)n[nH]2)cc1. The Bertz CT molecular complexity index is 940. The molecule has 150 valence electrons. The molecule has 4 rings (SSSR count). The number of carbonyl (C=O) groups is 1. The second-order valence-corrected chi connectivity index (χ2v) is 7.07. The number of aromatic nitrogens is 3. The summed E-state index contributed by atoms with van der Waals surface area (Å²) in [6, 6.07) is 13.2. The number of pyridine rings is 1. The van der Waals surface area contributed by atoms with Gasteiger partial charge in [-0.15, -0.1) is 0 Å². The van der Waals surface area contributed by atoms with E-state index in [1.165, 1.54) is 0 Å². The summed E-state index contributed by atoms with van der Waals surface area (Å²) >= 11 is 0. The van der Waals surface area contributed by atoms with E-state index in [1.54, 1.807) is 31.6 Å². The summed E-state index contributed by atoms with van der Waals surface area (Å²) in [5.74, 6) is 1.90. The van der Waals surface area contributed by atoms with E-state index < -0.39 is 0 Å². The van der Waals surface area contributed by atoms with Crippen LogP contribution in [0.5, 0.6) is 11.5 Å². The van der Waals surface area contributed by atoms with Crippen molar-refractivity contribution in [3.05, 3.63) is 71.8 Å². The van der Waals surface area contributed by atoms with Gasteiger partial charge in [-0.25, -0.2) is 0 Å². The highest BCUT2D eigenvalue weighted by Gasteiger charge is 2.29. The number of nitrogens with one attached hydrogen (secondary N) is 1. The minimum atomic E-state index is 0.0317. The van der Waals surface area contributed by atoms with Gasteiger partial charge >= 0.3 is 0 Å². The van der Waals surface area contributed by atoms with Gasteiger partial charge in [0.15, 0.2) is 0 Å². The third kappa shape index (κ3) is 4.56. The highest BCUT2D eigenvalue weighted by Crippen LogP contribution is 2.27. The third-order valence-corrected chi connectivity index (χ3v) is 5.15. The second kappa shape index (κ2) is 8.77. The molecule has 0 aliphatic carbocycles. The Morgan fingerprint density at radius 2 is 2.07 bits per heavy atom. The van der Waals surface area contributed by atoms with E-state index in [2.05, 4.69) is 21.2 Å². The van der Waals surface area contributed by atoms with Crippen molar-refractivity contribution in [1.82, 2.24) is 20.1 Å². The maximum atomic E-state index is 12.6. The summed E-state index contributed by atoms with van der Waals surface area (Å²) in [5.41, 5.74) is 2.67. The van der Waals surface area contributed by atoms with Crippen LogP contribution in [0.3, 0.4) is 0 Å². The summed E-state index contributed by atoms with van der Waals surface area (Å²) < 4.78 is 10.9. The van der Waals surface area contributed by atoms with Crippen LogP contribution in [0.1, 0.15) is 34.1 Å². The average molecular weight is 392 g/mol. The van der Waals surface area contributed by atoms with E-state index >= 15 is 0 Å². The molecule has 7 heteroatoms. The fraction of sp³-hybridized carbons (Fsp3) is 0.318. The van der Waals surface area contributed by atoms with Crippen LogP contribution in [0.2, 0.25) is 0 Å². The first-order valence-electron chi connectivity index (χ1n) is 9.73. The van der Waals surface area contributed by atoms with Crippen molar-refractivity contribution in [2.45, 2.75) is 18.8 Å². The minimum Gasteiger partial charge on any atom is -0.497 e. The maximum absolute atomic E-state index is 12.6. The highest BCUT2D eigenvalue weighted by molar-refractivity contribution is 5.94. The summed E-state index contributed by atoms with van der Waals surface area (Å²) in [4.78, 5) is 18.5. The molecule has 3 aromatic rings. The molecule has 1 aliphatic rings. The monoisotopic (exact) mass is 392 g/mol. The summed E-state index contributed by atoms with van der Waals surface area (Å²) in [5, 5.41) is 7.57. The zero-order chi connectivity index (χ0) is 20.1. The third-order valence-electron chi connectivity index (χ3n) is 5.15. The van der Waals surface area contributed by atoms with Crippen LogP contribution in [0.15, 0.2) is 54.9 Å².